The molecule has 0 saturated carbocycles. The zero-order chi connectivity index (χ0) is 7.84. The molecule has 0 aromatic carbocycles. The summed E-state index contributed by atoms with van der Waals surface area (Å²) >= 11 is 0. The predicted molar refractivity (Wildman–Crippen MR) is 41.2 cm³/mol. The molecule has 2 rings (SSSR count). The molecular formula is C7H6N2O2. The molecule has 0 radical (unpaired) electrons. The Labute approximate surface area is 61.6 Å². The fourth-order valence-corrected chi connectivity index (χ4v) is 0.964. The monoisotopic (exact) mass is 150 g/mol. The minimum atomic E-state index is -0.187. The molecule has 4 heteroatoms. The fraction of sp³-hybridized carbons (Fsp3) is 0. The molecule has 56 valence electrons. The van der Waals surface area contributed by atoms with E-state index < -0.39 is 0 Å². The molecule has 0 spiro atoms. The normalized spacial score (nSPS) is 10.5. The Morgan fingerprint density at radius 3 is 3.18 bits per heavy atom. The molecule has 0 atom stereocenters. The molecule has 2 aromatic rings. The summed E-state index contributed by atoms with van der Waals surface area (Å²) in [5.41, 5.74) is 5.84. The number of H-pyrrole nitrogens is 1. The number of furan rings is 1. The molecule has 3 N–H and O–H groups in total. The summed E-state index contributed by atoms with van der Waals surface area (Å²) in [5, 5.41) is 0.491. The van der Waals surface area contributed by atoms with Crippen LogP contribution in [0.15, 0.2) is 27.7 Å². The summed E-state index contributed by atoms with van der Waals surface area (Å²) in [7, 11) is 0. The lowest BCUT2D eigenvalue weighted by atomic mass is 10.3. The number of rotatable bonds is 0. The lowest BCUT2D eigenvalue weighted by molar-refractivity contribution is 0.603. The number of aromatic amines is 1. The Kier molecular flexibility index (Phi) is 1.03. The van der Waals surface area contributed by atoms with Gasteiger partial charge in [0.1, 0.15) is 0 Å². The Morgan fingerprint density at radius 1 is 1.55 bits per heavy atom. The SMILES string of the molecule is Nc1c[nH]c2occc2c1=O. The van der Waals surface area contributed by atoms with E-state index in [0.29, 0.717) is 11.1 Å². The van der Waals surface area contributed by atoms with Gasteiger partial charge in [-0.2, -0.15) is 0 Å². The van der Waals surface area contributed by atoms with Gasteiger partial charge in [-0.05, 0) is 6.07 Å². The summed E-state index contributed by atoms with van der Waals surface area (Å²) < 4.78 is 4.94. The maximum atomic E-state index is 11.2. The first-order valence-electron chi connectivity index (χ1n) is 3.13. The van der Waals surface area contributed by atoms with Crippen molar-refractivity contribution in [1.82, 2.24) is 4.98 Å². The number of hydrogen-bond donors (Lipinski definition) is 2. The third-order valence-electron chi connectivity index (χ3n) is 1.53. The van der Waals surface area contributed by atoms with Gasteiger partial charge in [-0.3, -0.25) is 4.79 Å². The third-order valence-corrected chi connectivity index (χ3v) is 1.53. The average molecular weight is 150 g/mol. The van der Waals surface area contributed by atoms with E-state index in [1.54, 1.807) is 6.07 Å². The Morgan fingerprint density at radius 2 is 2.36 bits per heavy atom. The summed E-state index contributed by atoms with van der Waals surface area (Å²) in [6, 6.07) is 1.59. The lowest BCUT2D eigenvalue weighted by Gasteiger charge is -1.89. The maximum absolute atomic E-state index is 11.2. The highest BCUT2D eigenvalue weighted by Gasteiger charge is 2.02. The number of hydrogen-bond acceptors (Lipinski definition) is 3. The average Bonchev–Trinajstić information content (AvgIpc) is 2.45. The summed E-state index contributed by atoms with van der Waals surface area (Å²) in [4.78, 5) is 13.9. The van der Waals surface area contributed by atoms with Crippen molar-refractivity contribution in [2.24, 2.45) is 0 Å². The van der Waals surface area contributed by atoms with Crippen LogP contribution >= 0.6 is 0 Å². The largest absolute Gasteiger partial charge is 0.448 e. The third kappa shape index (κ3) is 0.724. The molecule has 2 heterocycles. The topological polar surface area (TPSA) is 72.0 Å². The maximum Gasteiger partial charge on any atom is 0.215 e. The lowest BCUT2D eigenvalue weighted by Crippen LogP contribution is -2.07. The number of pyridine rings is 1. The number of anilines is 1. The smallest absolute Gasteiger partial charge is 0.215 e. The van der Waals surface area contributed by atoms with Crippen molar-refractivity contribution < 1.29 is 4.42 Å². The van der Waals surface area contributed by atoms with E-state index in [1.807, 2.05) is 0 Å². The number of aromatic nitrogens is 1. The van der Waals surface area contributed by atoms with Crippen LogP contribution < -0.4 is 11.2 Å². The van der Waals surface area contributed by atoms with Crippen molar-refractivity contribution >= 4 is 16.8 Å². The van der Waals surface area contributed by atoms with Crippen LogP contribution in [0.25, 0.3) is 11.1 Å². The molecule has 0 aliphatic carbocycles. The molecule has 0 amide bonds. The molecule has 2 aromatic heterocycles. The molecule has 0 aliphatic heterocycles. The predicted octanol–water partition coefficient (Wildman–Crippen LogP) is 0.703. The quantitative estimate of drug-likeness (QED) is 0.580. The number of nitrogen functional groups attached to an aromatic ring is 1. The first kappa shape index (κ1) is 6.03. The second-order valence-corrected chi connectivity index (χ2v) is 2.24. The van der Waals surface area contributed by atoms with Gasteiger partial charge in [-0.15, -0.1) is 0 Å². The summed E-state index contributed by atoms with van der Waals surface area (Å²) in [5.74, 6) is 0. The van der Waals surface area contributed by atoms with Gasteiger partial charge in [0, 0.05) is 6.20 Å². The van der Waals surface area contributed by atoms with Crippen LogP contribution in [-0.4, -0.2) is 4.98 Å². The standard InChI is InChI=1S/C7H6N2O2/c8-5-3-9-7-4(6(5)10)1-2-11-7/h1-3H,8H2,(H,9,10). The Hall–Kier alpha value is -1.71. The Bertz CT molecular complexity index is 441. The van der Waals surface area contributed by atoms with E-state index >= 15 is 0 Å². The van der Waals surface area contributed by atoms with E-state index in [4.69, 9.17) is 10.2 Å². The molecule has 0 unspecified atom stereocenters. The van der Waals surface area contributed by atoms with E-state index in [1.165, 1.54) is 12.5 Å². The van der Waals surface area contributed by atoms with Crippen molar-refractivity contribution in [3.63, 3.8) is 0 Å². The van der Waals surface area contributed by atoms with E-state index in [-0.39, 0.29) is 11.1 Å². The molecule has 0 saturated heterocycles. The number of nitrogens with one attached hydrogen (secondary N) is 1. The van der Waals surface area contributed by atoms with Gasteiger partial charge < -0.3 is 15.1 Å². The van der Waals surface area contributed by atoms with Crippen molar-refractivity contribution in [2.75, 3.05) is 5.73 Å². The summed E-state index contributed by atoms with van der Waals surface area (Å²) in [6.45, 7) is 0. The van der Waals surface area contributed by atoms with Crippen molar-refractivity contribution in [3.8, 4) is 0 Å². The van der Waals surface area contributed by atoms with Crippen molar-refractivity contribution in [2.45, 2.75) is 0 Å². The molecule has 4 nitrogen and oxygen atoms in total. The highest BCUT2D eigenvalue weighted by molar-refractivity contribution is 5.75. The van der Waals surface area contributed by atoms with Gasteiger partial charge >= 0.3 is 0 Å². The minimum absolute atomic E-state index is 0.187. The van der Waals surface area contributed by atoms with Crippen LogP contribution in [0.3, 0.4) is 0 Å². The second kappa shape index (κ2) is 1.88. The van der Waals surface area contributed by atoms with Crippen LogP contribution in [0.5, 0.6) is 0 Å². The van der Waals surface area contributed by atoms with E-state index in [0.717, 1.165) is 0 Å². The number of nitrogens with two attached hydrogens (primary N) is 1. The first-order valence-corrected chi connectivity index (χ1v) is 3.13. The van der Waals surface area contributed by atoms with Gasteiger partial charge in [0.25, 0.3) is 0 Å². The van der Waals surface area contributed by atoms with Crippen molar-refractivity contribution in [1.29, 1.82) is 0 Å². The van der Waals surface area contributed by atoms with Crippen LogP contribution in [0.1, 0.15) is 0 Å². The molecule has 0 fully saturated rings. The van der Waals surface area contributed by atoms with Gasteiger partial charge in [0.2, 0.25) is 11.1 Å². The molecule has 0 aliphatic rings. The zero-order valence-electron chi connectivity index (χ0n) is 5.63. The van der Waals surface area contributed by atoms with Crippen LogP contribution in [0.2, 0.25) is 0 Å². The summed E-state index contributed by atoms with van der Waals surface area (Å²) in [6.07, 6.45) is 2.87. The van der Waals surface area contributed by atoms with Gasteiger partial charge in [0.05, 0.1) is 17.3 Å². The van der Waals surface area contributed by atoms with Crippen LogP contribution in [-0.2, 0) is 0 Å². The second-order valence-electron chi connectivity index (χ2n) is 2.24. The van der Waals surface area contributed by atoms with Gasteiger partial charge in [0.15, 0.2) is 0 Å². The number of fused-ring (bicyclic) bond motifs is 1. The highest BCUT2D eigenvalue weighted by Crippen LogP contribution is 2.08. The van der Waals surface area contributed by atoms with Gasteiger partial charge in [-0.25, -0.2) is 0 Å². The first-order chi connectivity index (χ1) is 5.29. The fourth-order valence-electron chi connectivity index (χ4n) is 0.964. The van der Waals surface area contributed by atoms with Crippen LogP contribution in [0, 0.1) is 0 Å². The molecular weight excluding hydrogens is 144 g/mol. The van der Waals surface area contributed by atoms with Crippen molar-refractivity contribution in [3.05, 3.63) is 28.7 Å². The minimum Gasteiger partial charge on any atom is -0.448 e. The Balaban J connectivity index is 3.05. The zero-order valence-corrected chi connectivity index (χ0v) is 5.63. The van der Waals surface area contributed by atoms with Crippen LogP contribution in [0.4, 0.5) is 5.69 Å². The van der Waals surface area contributed by atoms with E-state index in [2.05, 4.69) is 4.98 Å². The molecule has 11 heavy (non-hydrogen) atoms. The van der Waals surface area contributed by atoms with E-state index in [9.17, 15) is 4.79 Å². The van der Waals surface area contributed by atoms with Gasteiger partial charge in [-0.1, -0.05) is 0 Å². The molecule has 0 bridgehead atoms. The highest BCUT2D eigenvalue weighted by atomic mass is 16.3.